The molecule has 0 saturated heterocycles. The number of ether oxygens (including phenoxy) is 1. The van der Waals surface area contributed by atoms with Gasteiger partial charge in [0.1, 0.15) is 0 Å². The van der Waals surface area contributed by atoms with Crippen LogP contribution in [0.1, 0.15) is 23.7 Å². The number of pyridine rings is 1. The molecule has 0 amide bonds. The zero-order chi connectivity index (χ0) is 14.4. The Bertz CT molecular complexity index is 477. The van der Waals surface area contributed by atoms with Gasteiger partial charge in [-0.15, -0.1) is 0 Å². The molecule has 19 heavy (non-hydrogen) atoms. The molecule has 0 radical (unpaired) electrons. The number of nitrogens with one attached hydrogen (secondary N) is 1. The molecule has 0 saturated carbocycles. The minimum absolute atomic E-state index is 0.0543. The Morgan fingerprint density at radius 1 is 1.68 bits per heavy atom. The Morgan fingerprint density at radius 2 is 2.37 bits per heavy atom. The van der Waals surface area contributed by atoms with Gasteiger partial charge in [0.15, 0.2) is 0 Å². The van der Waals surface area contributed by atoms with Crippen molar-refractivity contribution in [3.63, 3.8) is 0 Å². The Balaban J connectivity index is 2.94. The van der Waals surface area contributed by atoms with Crippen LogP contribution in [0.2, 0.25) is 0 Å². The third kappa shape index (κ3) is 4.18. The Morgan fingerprint density at radius 3 is 2.89 bits per heavy atom. The molecule has 0 aromatic carbocycles. The molecule has 0 spiro atoms. The quantitative estimate of drug-likeness (QED) is 0.569. The highest BCUT2D eigenvalue weighted by atomic mass is 16.6. The number of rotatable bonds is 7. The van der Waals surface area contributed by atoms with Gasteiger partial charge >= 0.3 is 11.7 Å². The van der Waals surface area contributed by atoms with Crippen LogP contribution in [0.25, 0.3) is 0 Å². The molecule has 1 heterocycles. The number of carboxylic acid groups (broad SMARTS) is 1. The average Bonchev–Trinajstić information content (AvgIpc) is 2.36. The zero-order valence-electron chi connectivity index (χ0n) is 10.6. The molecule has 1 rings (SSSR count). The number of nitro groups is 1. The number of carbonyl (C=O) groups is 1. The van der Waals surface area contributed by atoms with Crippen molar-refractivity contribution in [3.05, 3.63) is 27.9 Å². The van der Waals surface area contributed by atoms with Gasteiger partial charge in [0.2, 0.25) is 5.82 Å². The Hall–Kier alpha value is -2.22. The molecule has 1 unspecified atom stereocenters. The lowest BCUT2D eigenvalue weighted by Crippen LogP contribution is -2.19. The van der Waals surface area contributed by atoms with Gasteiger partial charge in [0, 0.05) is 32.0 Å². The van der Waals surface area contributed by atoms with Crippen LogP contribution in [0.5, 0.6) is 0 Å². The summed E-state index contributed by atoms with van der Waals surface area (Å²) in [7, 11) is 1.56. The number of aromatic carboxylic acids is 1. The van der Waals surface area contributed by atoms with Crippen LogP contribution in [0.3, 0.4) is 0 Å². The van der Waals surface area contributed by atoms with Crippen LogP contribution in [0.4, 0.5) is 11.5 Å². The number of methoxy groups -OCH3 is 1. The number of aromatic nitrogens is 1. The van der Waals surface area contributed by atoms with Gasteiger partial charge in [-0.1, -0.05) is 0 Å². The highest BCUT2D eigenvalue weighted by Crippen LogP contribution is 2.23. The first-order valence-electron chi connectivity index (χ1n) is 5.59. The average molecular weight is 269 g/mol. The van der Waals surface area contributed by atoms with E-state index >= 15 is 0 Å². The summed E-state index contributed by atoms with van der Waals surface area (Å²) in [4.78, 5) is 24.8. The zero-order valence-corrected chi connectivity index (χ0v) is 10.6. The van der Waals surface area contributed by atoms with E-state index in [4.69, 9.17) is 9.84 Å². The molecule has 104 valence electrons. The maximum atomic E-state index is 10.9. The van der Waals surface area contributed by atoms with Gasteiger partial charge in [-0.25, -0.2) is 9.78 Å². The normalized spacial score (nSPS) is 11.9. The van der Waals surface area contributed by atoms with E-state index < -0.39 is 10.9 Å². The maximum absolute atomic E-state index is 10.9. The van der Waals surface area contributed by atoms with E-state index in [0.29, 0.717) is 13.0 Å². The minimum Gasteiger partial charge on any atom is -0.478 e. The highest BCUT2D eigenvalue weighted by molar-refractivity contribution is 5.88. The summed E-state index contributed by atoms with van der Waals surface area (Å²) >= 11 is 0. The van der Waals surface area contributed by atoms with Crippen molar-refractivity contribution in [2.24, 2.45) is 0 Å². The monoisotopic (exact) mass is 269 g/mol. The summed E-state index contributed by atoms with van der Waals surface area (Å²) in [5, 5.41) is 22.5. The van der Waals surface area contributed by atoms with Gasteiger partial charge in [0.05, 0.1) is 10.5 Å². The number of carboxylic acids is 1. The lowest BCUT2D eigenvalue weighted by Gasteiger charge is -2.13. The summed E-state index contributed by atoms with van der Waals surface area (Å²) in [6, 6.07) is 0.905. The predicted octanol–water partition coefficient (Wildman–Crippen LogP) is 1.52. The third-order valence-corrected chi connectivity index (χ3v) is 2.45. The minimum atomic E-state index is -1.26. The summed E-state index contributed by atoms with van der Waals surface area (Å²) in [5.74, 6) is -1.20. The fourth-order valence-electron chi connectivity index (χ4n) is 1.42. The fraction of sp³-hybridized carbons (Fsp3) is 0.455. The first-order chi connectivity index (χ1) is 8.95. The van der Waals surface area contributed by atoms with Gasteiger partial charge in [-0.3, -0.25) is 10.1 Å². The standard InChI is InChI=1S/C11H15N3O5/c1-7(3-4-19-2)13-10-9(14(17)18)5-8(6-12-10)11(15)16/h5-7H,3-4H2,1-2H3,(H,12,13)(H,15,16). The smallest absolute Gasteiger partial charge is 0.337 e. The first kappa shape index (κ1) is 14.8. The van der Waals surface area contributed by atoms with Gasteiger partial charge in [0.25, 0.3) is 0 Å². The topological polar surface area (TPSA) is 115 Å². The van der Waals surface area contributed by atoms with E-state index in [1.54, 1.807) is 7.11 Å². The molecule has 0 fully saturated rings. The van der Waals surface area contributed by atoms with Crippen LogP contribution < -0.4 is 5.32 Å². The molecule has 2 N–H and O–H groups in total. The molecule has 0 aliphatic rings. The second-order valence-corrected chi connectivity index (χ2v) is 3.98. The van der Waals surface area contributed by atoms with E-state index in [0.717, 1.165) is 12.3 Å². The van der Waals surface area contributed by atoms with Gasteiger partial charge < -0.3 is 15.2 Å². The highest BCUT2D eigenvalue weighted by Gasteiger charge is 2.20. The Labute approximate surface area is 109 Å². The van der Waals surface area contributed by atoms with Crippen molar-refractivity contribution in [1.82, 2.24) is 4.98 Å². The SMILES string of the molecule is COCCC(C)Nc1ncc(C(=O)O)cc1[N+](=O)[O-]. The number of nitrogens with zero attached hydrogens (tertiary/aromatic N) is 2. The molecule has 0 aliphatic carbocycles. The Kier molecular flexibility index (Phi) is 5.19. The van der Waals surface area contributed by atoms with E-state index in [1.807, 2.05) is 6.92 Å². The number of hydrogen-bond acceptors (Lipinski definition) is 6. The lowest BCUT2D eigenvalue weighted by molar-refractivity contribution is -0.384. The first-order valence-corrected chi connectivity index (χ1v) is 5.59. The lowest BCUT2D eigenvalue weighted by atomic mass is 10.2. The van der Waals surface area contributed by atoms with Gasteiger partial charge in [-0.2, -0.15) is 0 Å². The predicted molar refractivity (Wildman–Crippen MR) is 67.4 cm³/mol. The van der Waals surface area contributed by atoms with Crippen LogP contribution in [-0.4, -0.2) is 40.7 Å². The third-order valence-electron chi connectivity index (χ3n) is 2.45. The fourth-order valence-corrected chi connectivity index (χ4v) is 1.42. The molecular weight excluding hydrogens is 254 g/mol. The van der Waals surface area contributed by atoms with E-state index in [9.17, 15) is 14.9 Å². The van der Waals surface area contributed by atoms with Crippen molar-refractivity contribution in [2.45, 2.75) is 19.4 Å². The van der Waals surface area contributed by atoms with Crippen molar-refractivity contribution >= 4 is 17.5 Å². The molecule has 0 bridgehead atoms. The van der Waals surface area contributed by atoms with Crippen LogP contribution in [0, 0.1) is 10.1 Å². The summed E-state index contributed by atoms with van der Waals surface area (Å²) in [6.07, 6.45) is 1.73. The van der Waals surface area contributed by atoms with Crippen molar-refractivity contribution in [2.75, 3.05) is 19.0 Å². The molecular formula is C11H15N3O5. The summed E-state index contributed by atoms with van der Waals surface area (Å²) in [6.45, 7) is 2.34. The molecule has 1 atom stereocenters. The largest absolute Gasteiger partial charge is 0.478 e. The van der Waals surface area contributed by atoms with Crippen LogP contribution >= 0.6 is 0 Å². The molecule has 1 aromatic rings. The summed E-state index contributed by atoms with van der Waals surface area (Å²) < 4.78 is 4.91. The second-order valence-electron chi connectivity index (χ2n) is 3.98. The van der Waals surface area contributed by atoms with E-state index in [2.05, 4.69) is 10.3 Å². The van der Waals surface area contributed by atoms with Gasteiger partial charge in [-0.05, 0) is 13.3 Å². The van der Waals surface area contributed by atoms with E-state index in [-0.39, 0.29) is 23.1 Å². The van der Waals surface area contributed by atoms with Crippen molar-refractivity contribution < 1.29 is 19.6 Å². The molecule has 8 nitrogen and oxygen atoms in total. The molecule has 0 aliphatic heterocycles. The van der Waals surface area contributed by atoms with Crippen LogP contribution in [-0.2, 0) is 4.74 Å². The summed E-state index contributed by atoms with van der Waals surface area (Å²) in [5.41, 5.74) is -0.578. The molecule has 8 heteroatoms. The van der Waals surface area contributed by atoms with E-state index in [1.165, 1.54) is 0 Å². The van der Waals surface area contributed by atoms with Crippen molar-refractivity contribution in [3.8, 4) is 0 Å². The number of hydrogen-bond donors (Lipinski definition) is 2. The maximum Gasteiger partial charge on any atom is 0.337 e. The number of anilines is 1. The van der Waals surface area contributed by atoms with Crippen LogP contribution in [0.15, 0.2) is 12.3 Å². The molecule has 1 aromatic heterocycles. The van der Waals surface area contributed by atoms with Crippen molar-refractivity contribution in [1.29, 1.82) is 0 Å². The second kappa shape index (κ2) is 6.64.